The number of furan rings is 2. The molecule has 2 aliphatic carbocycles. The van der Waals surface area contributed by atoms with Crippen LogP contribution in [0.4, 0.5) is 34.1 Å². The monoisotopic (exact) mass is 1710 g/mol. The van der Waals surface area contributed by atoms with E-state index in [4.69, 9.17) is 8.83 Å². The first-order chi connectivity index (χ1) is 66.5. The lowest BCUT2D eigenvalue weighted by Gasteiger charge is -2.34. The van der Waals surface area contributed by atoms with Gasteiger partial charge >= 0.3 is 0 Å². The maximum Gasteiger partial charge on any atom is 0.136 e. The van der Waals surface area contributed by atoms with Gasteiger partial charge in [-0.2, -0.15) is 0 Å². The van der Waals surface area contributed by atoms with Crippen LogP contribution in [0.3, 0.4) is 0 Å². The number of anilines is 6. The summed E-state index contributed by atoms with van der Waals surface area (Å²) in [6.45, 7) is 0. The van der Waals surface area contributed by atoms with Gasteiger partial charge < -0.3 is 18.6 Å². The highest BCUT2D eigenvalue weighted by atomic mass is 16.3. The van der Waals surface area contributed by atoms with Gasteiger partial charge in [0.1, 0.15) is 22.3 Å². The van der Waals surface area contributed by atoms with Gasteiger partial charge in [0.15, 0.2) is 0 Å². The van der Waals surface area contributed by atoms with Crippen LogP contribution >= 0.6 is 0 Å². The van der Waals surface area contributed by atoms with Crippen molar-refractivity contribution in [1.82, 2.24) is 0 Å². The number of para-hydroxylation sites is 2. The Morgan fingerprint density at radius 1 is 0.164 bits per heavy atom. The molecule has 0 saturated heterocycles. The largest absolute Gasteiger partial charge is 0.456 e. The van der Waals surface area contributed by atoms with Crippen molar-refractivity contribution < 1.29 is 8.83 Å². The first-order valence-corrected chi connectivity index (χ1v) is 46.2. The Labute approximate surface area is 778 Å². The second-order valence-electron chi connectivity index (χ2n) is 35.1. The van der Waals surface area contributed by atoms with E-state index in [1.54, 1.807) is 0 Å². The summed E-state index contributed by atoms with van der Waals surface area (Å²) in [6, 6.07) is 190. The Hall–Kier alpha value is -17.4. The quantitative estimate of drug-likeness (QED) is 0.0965. The maximum absolute atomic E-state index is 6.39. The zero-order valence-electron chi connectivity index (χ0n) is 73.4. The molecule has 24 aromatic rings. The molecule has 2 heterocycles. The molecule has 0 bridgehead atoms. The highest BCUT2D eigenvalue weighted by Gasteiger charge is 2.49. The molecule has 0 N–H and O–H groups in total. The van der Waals surface area contributed by atoms with E-state index in [0.29, 0.717) is 0 Å². The average Bonchev–Trinajstić information content (AvgIpc) is 1.53. The van der Waals surface area contributed by atoms with Crippen LogP contribution in [0.5, 0.6) is 0 Å². The molecule has 0 spiro atoms. The summed E-state index contributed by atoms with van der Waals surface area (Å²) in [5.74, 6) is 0. The molecular formula is C130H86N2O2. The molecule has 4 heteroatoms. The van der Waals surface area contributed by atoms with Gasteiger partial charge in [0.25, 0.3) is 0 Å². The lowest BCUT2D eigenvalue weighted by molar-refractivity contribution is 0.668. The van der Waals surface area contributed by atoms with Crippen LogP contribution in [0.2, 0.25) is 0 Å². The predicted octanol–water partition coefficient (Wildman–Crippen LogP) is 35.1. The summed E-state index contributed by atoms with van der Waals surface area (Å²) in [5.41, 5.74) is 38.1. The minimum absolute atomic E-state index is 0.529. The van der Waals surface area contributed by atoms with E-state index in [1.165, 1.54) is 122 Å². The zero-order valence-corrected chi connectivity index (χ0v) is 73.4. The molecule has 0 saturated carbocycles. The molecule has 0 unspecified atom stereocenters. The molecule has 0 radical (unpaired) electrons. The molecule has 2 aromatic heterocycles. The molecule has 628 valence electrons. The Bertz CT molecular complexity index is 8500. The fourth-order valence-corrected chi connectivity index (χ4v) is 22.0. The third kappa shape index (κ3) is 13.1. The number of hydrogen-bond donors (Lipinski definition) is 0. The molecular weight excluding hydrogens is 1620 g/mol. The van der Waals surface area contributed by atoms with Crippen LogP contribution in [-0.2, 0) is 10.8 Å². The summed E-state index contributed by atoms with van der Waals surface area (Å²) in [7, 11) is 0. The van der Waals surface area contributed by atoms with Gasteiger partial charge in [-0.1, -0.05) is 431 Å². The van der Waals surface area contributed by atoms with E-state index in [0.717, 1.165) is 111 Å². The normalized spacial score (nSPS) is 12.6. The Morgan fingerprint density at radius 2 is 0.478 bits per heavy atom. The molecule has 2 aliphatic rings. The van der Waals surface area contributed by atoms with E-state index >= 15 is 0 Å². The van der Waals surface area contributed by atoms with Gasteiger partial charge in [-0.25, -0.2) is 0 Å². The summed E-state index contributed by atoms with van der Waals surface area (Å²) >= 11 is 0. The van der Waals surface area contributed by atoms with Crippen LogP contribution in [0.15, 0.2) is 531 Å². The number of nitrogens with zero attached hydrogens (tertiary/aromatic N) is 2. The van der Waals surface area contributed by atoms with Crippen molar-refractivity contribution in [2.75, 3.05) is 9.80 Å². The van der Waals surface area contributed by atoms with E-state index < -0.39 is 10.8 Å². The molecule has 134 heavy (non-hydrogen) atoms. The van der Waals surface area contributed by atoms with Crippen molar-refractivity contribution in [3.05, 3.63) is 566 Å². The third-order valence-corrected chi connectivity index (χ3v) is 27.9. The van der Waals surface area contributed by atoms with Crippen molar-refractivity contribution in [3.8, 4) is 89.0 Å². The fourth-order valence-electron chi connectivity index (χ4n) is 22.0. The van der Waals surface area contributed by atoms with Crippen LogP contribution in [0.1, 0.15) is 44.5 Å². The van der Waals surface area contributed by atoms with Gasteiger partial charge in [-0.15, -0.1) is 0 Å². The van der Waals surface area contributed by atoms with E-state index in [-0.39, 0.29) is 0 Å². The summed E-state index contributed by atoms with van der Waals surface area (Å²) < 4.78 is 12.8. The van der Waals surface area contributed by atoms with Crippen LogP contribution < -0.4 is 9.80 Å². The number of fused-ring (bicyclic) bond motifs is 14. The smallest absolute Gasteiger partial charge is 0.136 e. The highest BCUT2D eigenvalue weighted by Crippen LogP contribution is 2.62. The van der Waals surface area contributed by atoms with Gasteiger partial charge in [-0.05, 0) is 235 Å². The van der Waals surface area contributed by atoms with Crippen molar-refractivity contribution in [3.63, 3.8) is 0 Å². The van der Waals surface area contributed by atoms with Crippen LogP contribution in [0, 0.1) is 0 Å². The van der Waals surface area contributed by atoms with Crippen molar-refractivity contribution in [2.45, 2.75) is 10.8 Å². The van der Waals surface area contributed by atoms with Gasteiger partial charge in [0, 0.05) is 55.4 Å². The molecule has 4 nitrogen and oxygen atoms in total. The minimum Gasteiger partial charge on any atom is -0.456 e. The van der Waals surface area contributed by atoms with Gasteiger partial charge in [0.05, 0.1) is 22.2 Å². The van der Waals surface area contributed by atoms with Gasteiger partial charge in [-0.3, -0.25) is 0 Å². The molecule has 0 atom stereocenters. The summed E-state index contributed by atoms with van der Waals surface area (Å²) in [4.78, 5) is 4.93. The molecule has 22 aromatic carbocycles. The standard InChI is InChI=1S/2C65H43NO/c1-3-20-49(21-4-1)65(50-22-5-2-6-23-50)58-30-11-9-26-56(58)64-59(65)31-16-32-60(64)66(52-24-13-19-48(43-52)55-29-15-34-62-63(55)57-27-10-12-33-61(57)67-62)51-41-39-45(40-42-51)44-35-37-47(38-36-44)54-28-14-18-46-17-7-8-25-53(46)54;1-3-19-51(20-4-1)65(52-21-5-2-6-22-52)58-27-11-9-24-56(58)64-59(65)28-15-29-60(64)66(54-23-13-18-50(43-54)55-26-14-31-62-63(55)57-25-10-12-30-61(57)67-62)53-40-38-46(39-41-53)45-32-34-47(35-33-45)49-37-36-44-16-7-8-17-48(44)42-49/h2*1-43H. The molecule has 0 fully saturated rings. The average molecular weight is 1710 g/mol. The second kappa shape index (κ2) is 32.9. The van der Waals surface area contributed by atoms with Crippen LogP contribution in [0.25, 0.3) is 154 Å². The lowest BCUT2D eigenvalue weighted by atomic mass is 9.68. The highest BCUT2D eigenvalue weighted by molar-refractivity contribution is 6.14. The molecule has 0 aliphatic heterocycles. The first-order valence-electron chi connectivity index (χ1n) is 46.2. The minimum atomic E-state index is -0.530. The molecule has 0 amide bonds. The van der Waals surface area contributed by atoms with E-state index in [9.17, 15) is 0 Å². The first kappa shape index (κ1) is 78.8. The Morgan fingerprint density at radius 3 is 0.940 bits per heavy atom. The van der Waals surface area contributed by atoms with Crippen LogP contribution in [-0.4, -0.2) is 0 Å². The molecule has 26 rings (SSSR count). The topological polar surface area (TPSA) is 32.8 Å². The third-order valence-electron chi connectivity index (χ3n) is 27.9. The zero-order chi connectivity index (χ0) is 88.6. The van der Waals surface area contributed by atoms with E-state index in [2.05, 4.69) is 519 Å². The SMILES string of the molecule is c1ccc(C2(c3ccccc3)c3ccccc3-c3c(N(c4ccc(-c5ccc(-c6ccc7ccccc7c6)cc5)cc4)c4cccc(-c5cccc6oc7ccccc7c56)c4)cccc32)cc1.c1ccc(C2(c3ccccc3)c3ccccc3-c3c(N(c4ccc(-c5ccc(-c6cccc7ccccc67)cc5)cc4)c4cccc(-c5cccc6oc7ccccc7c56)c4)cccc32)cc1. The number of rotatable bonds is 16. The Kier molecular flexibility index (Phi) is 19.4. The number of hydrogen-bond acceptors (Lipinski definition) is 4. The Balaban J connectivity index is 0.000000143. The summed E-state index contributed by atoms with van der Waals surface area (Å²) in [6.07, 6.45) is 0. The lowest BCUT2D eigenvalue weighted by Crippen LogP contribution is -2.28. The fraction of sp³-hybridized carbons (Fsp3) is 0.0154. The number of benzene rings is 22. The van der Waals surface area contributed by atoms with Crippen molar-refractivity contribution >= 4 is 99.5 Å². The second-order valence-corrected chi connectivity index (χ2v) is 35.1. The maximum atomic E-state index is 6.39. The van der Waals surface area contributed by atoms with Gasteiger partial charge in [0.2, 0.25) is 0 Å². The van der Waals surface area contributed by atoms with Crippen molar-refractivity contribution in [1.29, 1.82) is 0 Å². The summed E-state index contributed by atoms with van der Waals surface area (Å²) in [5, 5.41) is 9.51. The predicted molar refractivity (Wildman–Crippen MR) is 559 cm³/mol. The van der Waals surface area contributed by atoms with E-state index in [1.807, 2.05) is 12.1 Å². The van der Waals surface area contributed by atoms with Crippen molar-refractivity contribution in [2.24, 2.45) is 0 Å².